The molecule has 0 bridgehead atoms. The average Bonchev–Trinajstić information content (AvgIpc) is 2.69. The molecule has 0 aliphatic carbocycles. The molecule has 1 aromatic heterocycles. The van der Waals surface area contributed by atoms with E-state index in [0.29, 0.717) is 16.7 Å². The number of ether oxygens (including phenoxy) is 1. The molecule has 72 valence electrons. The third-order valence-electron chi connectivity index (χ3n) is 1.67. The van der Waals surface area contributed by atoms with E-state index in [0.717, 1.165) is 0 Å². The second-order valence-electron chi connectivity index (χ2n) is 2.64. The van der Waals surface area contributed by atoms with Gasteiger partial charge in [0.25, 0.3) is 0 Å². The van der Waals surface area contributed by atoms with E-state index in [4.69, 9.17) is 20.8 Å². The molecule has 0 aliphatic rings. The Labute approximate surface area is 86.3 Å². The quantitative estimate of drug-likeness (QED) is 0.780. The van der Waals surface area contributed by atoms with Crippen LogP contribution in [0.5, 0.6) is 5.75 Å². The second kappa shape index (κ2) is 4.15. The summed E-state index contributed by atoms with van der Waals surface area (Å²) in [5.41, 5.74) is 0. The first-order chi connectivity index (χ1) is 6.86. The minimum atomic E-state index is 0.288. The predicted octanol–water partition coefficient (Wildman–Crippen LogP) is 2.91. The van der Waals surface area contributed by atoms with E-state index in [2.05, 4.69) is 4.98 Å². The lowest BCUT2D eigenvalue weighted by Crippen LogP contribution is -1.95. The van der Waals surface area contributed by atoms with E-state index >= 15 is 0 Å². The van der Waals surface area contributed by atoms with E-state index in [-0.39, 0.29) is 6.61 Å². The van der Waals surface area contributed by atoms with Gasteiger partial charge in [0.15, 0.2) is 6.61 Å². The molecule has 2 aromatic rings. The third-order valence-corrected chi connectivity index (χ3v) is 1.98. The van der Waals surface area contributed by atoms with E-state index in [1.54, 1.807) is 18.3 Å². The molecule has 0 radical (unpaired) electrons. The normalized spacial score (nSPS) is 10.1. The van der Waals surface area contributed by atoms with E-state index in [9.17, 15) is 0 Å². The average molecular weight is 210 g/mol. The molecule has 0 aliphatic heterocycles. The van der Waals surface area contributed by atoms with Gasteiger partial charge >= 0.3 is 0 Å². The van der Waals surface area contributed by atoms with Crippen molar-refractivity contribution in [3.63, 3.8) is 0 Å². The van der Waals surface area contributed by atoms with Crippen molar-refractivity contribution in [2.24, 2.45) is 0 Å². The number of hydrogen-bond acceptors (Lipinski definition) is 3. The summed E-state index contributed by atoms with van der Waals surface area (Å²) in [5, 5.41) is 0.582. The first-order valence-corrected chi connectivity index (χ1v) is 4.50. The highest BCUT2D eigenvalue weighted by atomic mass is 35.5. The van der Waals surface area contributed by atoms with Crippen LogP contribution >= 0.6 is 11.6 Å². The molecule has 0 saturated heterocycles. The number of halogens is 1. The van der Waals surface area contributed by atoms with E-state index in [1.165, 1.54) is 6.26 Å². The van der Waals surface area contributed by atoms with Crippen molar-refractivity contribution >= 4 is 11.6 Å². The van der Waals surface area contributed by atoms with Gasteiger partial charge in [0.05, 0.1) is 11.2 Å². The first kappa shape index (κ1) is 9.09. The second-order valence-corrected chi connectivity index (χ2v) is 3.05. The van der Waals surface area contributed by atoms with Crippen LogP contribution in [-0.2, 0) is 6.61 Å². The predicted molar refractivity (Wildman–Crippen MR) is 52.3 cm³/mol. The number of rotatable bonds is 3. The van der Waals surface area contributed by atoms with Gasteiger partial charge in [-0.05, 0) is 12.1 Å². The molecular weight excluding hydrogens is 202 g/mol. The van der Waals surface area contributed by atoms with Crippen LogP contribution in [0.4, 0.5) is 0 Å². The highest BCUT2D eigenvalue weighted by Gasteiger charge is 2.02. The maximum Gasteiger partial charge on any atom is 0.232 e. The fraction of sp³-hybridized carbons (Fsp3) is 0.100. The molecule has 14 heavy (non-hydrogen) atoms. The van der Waals surface area contributed by atoms with Crippen molar-refractivity contribution in [3.8, 4) is 5.75 Å². The first-order valence-electron chi connectivity index (χ1n) is 4.12. The Morgan fingerprint density at radius 2 is 2.21 bits per heavy atom. The number of hydrogen-bond donors (Lipinski definition) is 0. The van der Waals surface area contributed by atoms with Crippen LogP contribution < -0.4 is 4.74 Å². The largest absolute Gasteiger partial charge is 0.482 e. The fourth-order valence-corrected chi connectivity index (χ4v) is 1.22. The molecule has 4 heteroatoms. The molecule has 1 aromatic carbocycles. The Balaban J connectivity index is 2.02. The van der Waals surface area contributed by atoms with E-state index in [1.807, 2.05) is 12.1 Å². The monoisotopic (exact) mass is 209 g/mol. The number of benzene rings is 1. The molecule has 2 rings (SSSR count). The zero-order chi connectivity index (χ0) is 9.80. The Bertz CT molecular complexity index is 400. The van der Waals surface area contributed by atoms with Crippen LogP contribution in [0.25, 0.3) is 0 Å². The summed E-state index contributed by atoms with van der Waals surface area (Å²) >= 11 is 5.89. The van der Waals surface area contributed by atoms with Gasteiger partial charge in [-0.25, -0.2) is 4.98 Å². The summed E-state index contributed by atoms with van der Waals surface area (Å²) in [6.07, 6.45) is 3.08. The van der Waals surface area contributed by atoms with Crippen molar-refractivity contribution in [2.45, 2.75) is 6.61 Å². The van der Waals surface area contributed by atoms with Crippen LogP contribution in [0.2, 0.25) is 5.02 Å². The molecule has 0 fully saturated rings. The minimum absolute atomic E-state index is 0.288. The van der Waals surface area contributed by atoms with Crippen LogP contribution in [0.1, 0.15) is 5.89 Å². The van der Waals surface area contributed by atoms with Gasteiger partial charge in [-0.15, -0.1) is 0 Å². The standard InChI is InChI=1S/C10H8ClNO2/c11-8-3-1-2-4-9(8)14-7-10-12-5-6-13-10/h1-6H,7H2. The molecule has 0 N–H and O–H groups in total. The van der Waals surface area contributed by atoms with Crippen molar-refractivity contribution < 1.29 is 9.15 Å². The molecule has 0 saturated carbocycles. The lowest BCUT2D eigenvalue weighted by molar-refractivity contribution is 0.263. The summed E-state index contributed by atoms with van der Waals surface area (Å²) in [6.45, 7) is 0.288. The Morgan fingerprint density at radius 3 is 2.93 bits per heavy atom. The van der Waals surface area contributed by atoms with Gasteiger partial charge in [0.2, 0.25) is 5.89 Å². The molecule has 0 spiro atoms. The van der Waals surface area contributed by atoms with Gasteiger partial charge in [0.1, 0.15) is 12.0 Å². The summed E-state index contributed by atoms with van der Waals surface area (Å²) < 4.78 is 10.4. The van der Waals surface area contributed by atoms with Gasteiger partial charge in [-0.1, -0.05) is 23.7 Å². The number of aromatic nitrogens is 1. The topological polar surface area (TPSA) is 35.3 Å². The van der Waals surface area contributed by atoms with Crippen molar-refractivity contribution in [1.29, 1.82) is 0 Å². The maximum atomic E-state index is 5.89. The maximum absolute atomic E-state index is 5.89. The fourth-order valence-electron chi connectivity index (χ4n) is 1.03. The Hall–Kier alpha value is -1.48. The number of para-hydroxylation sites is 1. The zero-order valence-corrected chi connectivity index (χ0v) is 8.07. The smallest absolute Gasteiger partial charge is 0.232 e. The van der Waals surface area contributed by atoms with Crippen LogP contribution in [0, 0.1) is 0 Å². The van der Waals surface area contributed by atoms with Crippen LogP contribution in [0.3, 0.4) is 0 Å². The van der Waals surface area contributed by atoms with Gasteiger partial charge in [-0.2, -0.15) is 0 Å². The van der Waals surface area contributed by atoms with Crippen LogP contribution in [-0.4, -0.2) is 4.98 Å². The lowest BCUT2D eigenvalue weighted by atomic mass is 10.3. The number of nitrogens with zero attached hydrogens (tertiary/aromatic N) is 1. The van der Waals surface area contributed by atoms with Crippen molar-refractivity contribution in [3.05, 3.63) is 47.6 Å². The Kier molecular flexibility index (Phi) is 2.70. The molecule has 0 amide bonds. The van der Waals surface area contributed by atoms with Crippen molar-refractivity contribution in [1.82, 2.24) is 4.98 Å². The highest BCUT2D eigenvalue weighted by Crippen LogP contribution is 2.23. The molecule has 1 heterocycles. The third kappa shape index (κ3) is 2.06. The molecule has 0 atom stereocenters. The van der Waals surface area contributed by atoms with Gasteiger partial charge < -0.3 is 9.15 Å². The zero-order valence-electron chi connectivity index (χ0n) is 7.31. The molecule has 0 unspecified atom stereocenters. The van der Waals surface area contributed by atoms with Crippen LogP contribution in [0.15, 0.2) is 41.1 Å². The Morgan fingerprint density at radius 1 is 1.36 bits per heavy atom. The summed E-state index contributed by atoms with van der Waals surface area (Å²) in [5.74, 6) is 1.16. The summed E-state index contributed by atoms with van der Waals surface area (Å²) in [7, 11) is 0. The minimum Gasteiger partial charge on any atom is -0.482 e. The van der Waals surface area contributed by atoms with Gasteiger partial charge in [-0.3, -0.25) is 0 Å². The van der Waals surface area contributed by atoms with E-state index < -0.39 is 0 Å². The molecule has 3 nitrogen and oxygen atoms in total. The van der Waals surface area contributed by atoms with Crippen molar-refractivity contribution in [2.75, 3.05) is 0 Å². The SMILES string of the molecule is Clc1ccccc1OCc1ncco1. The highest BCUT2D eigenvalue weighted by molar-refractivity contribution is 6.32. The lowest BCUT2D eigenvalue weighted by Gasteiger charge is -2.04. The summed E-state index contributed by atoms with van der Waals surface area (Å²) in [4.78, 5) is 3.93. The van der Waals surface area contributed by atoms with Gasteiger partial charge in [0, 0.05) is 0 Å². The number of oxazole rings is 1. The summed E-state index contributed by atoms with van der Waals surface area (Å²) in [6, 6.07) is 7.27. The molecular formula is C10H8ClNO2.